The summed E-state index contributed by atoms with van der Waals surface area (Å²) in [6.45, 7) is 1.15. The zero-order valence-electron chi connectivity index (χ0n) is 14.2. The minimum Gasteiger partial charge on any atom is -0.436 e. The fraction of sp³-hybridized carbons (Fsp3) is 0.105. The van der Waals surface area contributed by atoms with Crippen LogP contribution in [0.4, 0.5) is 22.0 Å². The third kappa shape index (κ3) is 3.76. The van der Waals surface area contributed by atoms with Crippen LogP contribution < -0.4 is 4.74 Å². The maximum absolute atomic E-state index is 14.5. The number of benzene rings is 1. The summed E-state index contributed by atoms with van der Waals surface area (Å²) in [4.78, 5) is 7.53. The summed E-state index contributed by atoms with van der Waals surface area (Å²) < 4.78 is 72.3. The molecule has 0 aliphatic rings. The molecule has 0 atom stereocenters. The first-order valence-corrected chi connectivity index (χ1v) is 7.78. The van der Waals surface area contributed by atoms with Crippen LogP contribution >= 0.6 is 0 Å². The quantitative estimate of drug-likeness (QED) is 0.560. The molecule has 9 heteroatoms. The number of ether oxygens (including phenoxy) is 1. The Hall–Kier alpha value is -3.54. The number of aromatic nitrogens is 2. The van der Waals surface area contributed by atoms with E-state index < -0.39 is 34.8 Å². The zero-order chi connectivity index (χ0) is 20.5. The minimum absolute atomic E-state index is 0.0136. The summed E-state index contributed by atoms with van der Waals surface area (Å²) in [5, 5.41) is 8.85. The van der Waals surface area contributed by atoms with Gasteiger partial charge >= 0.3 is 6.18 Å². The molecule has 0 radical (unpaired) electrons. The second-order valence-corrected chi connectivity index (χ2v) is 5.68. The van der Waals surface area contributed by atoms with Crippen LogP contribution in [-0.4, -0.2) is 9.97 Å². The minimum atomic E-state index is -4.54. The van der Waals surface area contributed by atoms with Crippen molar-refractivity contribution in [3.8, 4) is 29.0 Å². The number of nitriles is 1. The van der Waals surface area contributed by atoms with Gasteiger partial charge in [0.2, 0.25) is 0 Å². The maximum atomic E-state index is 14.5. The molecule has 0 amide bonds. The SMILES string of the molecule is Cc1c(F)c(Oc2ccnc(C#N)c2)nc(-c2ccc(C(F)(F)F)cc2)c1F. The molecule has 1 aromatic carbocycles. The van der Waals surface area contributed by atoms with Gasteiger partial charge in [-0.15, -0.1) is 0 Å². The molecule has 0 aliphatic carbocycles. The largest absolute Gasteiger partial charge is 0.436 e. The highest BCUT2D eigenvalue weighted by atomic mass is 19.4. The van der Waals surface area contributed by atoms with E-state index in [1.807, 2.05) is 0 Å². The number of hydrogen-bond donors (Lipinski definition) is 0. The Bertz CT molecular complexity index is 1070. The molecule has 0 saturated carbocycles. The third-order valence-electron chi connectivity index (χ3n) is 3.81. The Labute approximate surface area is 155 Å². The van der Waals surface area contributed by atoms with Crippen molar-refractivity contribution in [2.24, 2.45) is 0 Å². The van der Waals surface area contributed by atoms with Crippen molar-refractivity contribution in [2.75, 3.05) is 0 Å². The van der Waals surface area contributed by atoms with Crippen LogP contribution in [0.1, 0.15) is 16.8 Å². The summed E-state index contributed by atoms with van der Waals surface area (Å²) >= 11 is 0. The number of hydrogen-bond acceptors (Lipinski definition) is 4. The Morgan fingerprint density at radius 1 is 1.04 bits per heavy atom. The highest BCUT2D eigenvalue weighted by molar-refractivity contribution is 5.62. The van der Waals surface area contributed by atoms with Crippen LogP contribution in [0.3, 0.4) is 0 Å². The van der Waals surface area contributed by atoms with Crippen LogP contribution in [0, 0.1) is 29.9 Å². The number of rotatable bonds is 3. The van der Waals surface area contributed by atoms with Crippen molar-refractivity contribution in [2.45, 2.75) is 13.1 Å². The lowest BCUT2D eigenvalue weighted by molar-refractivity contribution is -0.137. The van der Waals surface area contributed by atoms with Gasteiger partial charge in [-0.05, 0) is 25.1 Å². The van der Waals surface area contributed by atoms with Crippen LogP contribution in [0.5, 0.6) is 11.6 Å². The Morgan fingerprint density at radius 3 is 2.32 bits per heavy atom. The van der Waals surface area contributed by atoms with E-state index in [4.69, 9.17) is 10.00 Å². The van der Waals surface area contributed by atoms with Gasteiger partial charge in [0.15, 0.2) is 11.6 Å². The number of pyridine rings is 2. The van der Waals surface area contributed by atoms with Gasteiger partial charge in [-0.1, -0.05) is 12.1 Å². The predicted molar refractivity (Wildman–Crippen MR) is 88.4 cm³/mol. The molecule has 2 heterocycles. The molecule has 3 rings (SSSR count). The van der Waals surface area contributed by atoms with E-state index in [0.717, 1.165) is 31.2 Å². The van der Waals surface area contributed by atoms with Gasteiger partial charge in [0.05, 0.1) is 5.56 Å². The molecule has 0 saturated heterocycles. The van der Waals surface area contributed by atoms with Crippen LogP contribution in [0.2, 0.25) is 0 Å². The highest BCUT2D eigenvalue weighted by Crippen LogP contribution is 2.34. The molecular weight excluding hydrogens is 381 g/mol. The van der Waals surface area contributed by atoms with E-state index >= 15 is 0 Å². The normalized spacial score (nSPS) is 11.2. The van der Waals surface area contributed by atoms with E-state index in [1.165, 1.54) is 18.3 Å². The van der Waals surface area contributed by atoms with Gasteiger partial charge < -0.3 is 4.74 Å². The van der Waals surface area contributed by atoms with Gasteiger partial charge in [-0.25, -0.2) is 18.7 Å². The highest BCUT2D eigenvalue weighted by Gasteiger charge is 2.30. The number of halogens is 5. The molecule has 0 aliphatic heterocycles. The molecule has 2 aromatic heterocycles. The molecule has 0 N–H and O–H groups in total. The molecule has 0 fully saturated rings. The fourth-order valence-electron chi connectivity index (χ4n) is 2.36. The number of nitrogens with zero attached hydrogens (tertiary/aromatic N) is 3. The standard InChI is InChI=1S/C19H10F5N3O/c1-10-15(20)17(11-2-4-12(5-3-11)19(22,23)24)27-18(16(10)21)28-14-6-7-26-13(8-14)9-25/h2-8H,1H3. The molecule has 3 aromatic rings. The monoisotopic (exact) mass is 391 g/mol. The predicted octanol–water partition coefficient (Wildman–Crippen LogP) is 5.41. The van der Waals surface area contributed by atoms with Gasteiger partial charge in [-0.2, -0.15) is 18.4 Å². The van der Waals surface area contributed by atoms with Gasteiger partial charge in [0, 0.05) is 23.4 Å². The molecule has 0 unspecified atom stereocenters. The number of alkyl halides is 3. The molecule has 0 spiro atoms. The van der Waals surface area contributed by atoms with Crippen LogP contribution in [-0.2, 0) is 6.18 Å². The van der Waals surface area contributed by atoms with Crippen LogP contribution in [0.25, 0.3) is 11.3 Å². The van der Waals surface area contributed by atoms with E-state index in [9.17, 15) is 22.0 Å². The first-order valence-electron chi connectivity index (χ1n) is 7.78. The summed E-state index contributed by atoms with van der Waals surface area (Å²) in [5.74, 6) is -2.62. The Morgan fingerprint density at radius 2 is 1.71 bits per heavy atom. The van der Waals surface area contributed by atoms with Crippen molar-refractivity contribution in [1.29, 1.82) is 5.26 Å². The average molecular weight is 391 g/mol. The second-order valence-electron chi connectivity index (χ2n) is 5.68. The van der Waals surface area contributed by atoms with E-state index in [-0.39, 0.29) is 22.7 Å². The lowest BCUT2D eigenvalue weighted by Gasteiger charge is -2.12. The summed E-state index contributed by atoms with van der Waals surface area (Å²) in [7, 11) is 0. The molecule has 28 heavy (non-hydrogen) atoms. The topological polar surface area (TPSA) is 58.8 Å². The molecular formula is C19H10F5N3O. The Balaban J connectivity index is 2.04. The van der Waals surface area contributed by atoms with E-state index in [2.05, 4.69) is 9.97 Å². The zero-order valence-corrected chi connectivity index (χ0v) is 14.2. The fourth-order valence-corrected chi connectivity index (χ4v) is 2.36. The average Bonchev–Trinajstić information content (AvgIpc) is 2.68. The smallest absolute Gasteiger partial charge is 0.416 e. The van der Waals surface area contributed by atoms with Crippen molar-refractivity contribution in [1.82, 2.24) is 9.97 Å². The van der Waals surface area contributed by atoms with Gasteiger partial charge in [0.1, 0.15) is 23.2 Å². The lowest BCUT2D eigenvalue weighted by Crippen LogP contribution is -2.05. The second kappa shape index (κ2) is 7.23. The Kier molecular flexibility index (Phi) is 4.96. The van der Waals surface area contributed by atoms with Crippen molar-refractivity contribution >= 4 is 0 Å². The molecule has 0 bridgehead atoms. The third-order valence-corrected chi connectivity index (χ3v) is 3.81. The van der Waals surface area contributed by atoms with Crippen LogP contribution in [0.15, 0.2) is 42.6 Å². The lowest BCUT2D eigenvalue weighted by atomic mass is 10.1. The van der Waals surface area contributed by atoms with Gasteiger partial charge in [-0.3, -0.25) is 0 Å². The summed E-state index contributed by atoms with van der Waals surface area (Å²) in [6, 6.07) is 7.99. The van der Waals surface area contributed by atoms with Crippen molar-refractivity contribution < 1.29 is 26.7 Å². The first kappa shape index (κ1) is 19.2. The van der Waals surface area contributed by atoms with Crippen molar-refractivity contribution in [3.05, 3.63) is 71.1 Å². The maximum Gasteiger partial charge on any atom is 0.416 e. The van der Waals surface area contributed by atoms with E-state index in [0.29, 0.717) is 0 Å². The molecule has 142 valence electrons. The summed E-state index contributed by atoms with van der Waals surface area (Å²) in [5.41, 5.74) is -1.65. The summed E-state index contributed by atoms with van der Waals surface area (Å²) in [6.07, 6.45) is -3.28. The van der Waals surface area contributed by atoms with E-state index in [1.54, 1.807) is 6.07 Å². The van der Waals surface area contributed by atoms with Crippen molar-refractivity contribution in [3.63, 3.8) is 0 Å². The molecule has 4 nitrogen and oxygen atoms in total. The van der Waals surface area contributed by atoms with Gasteiger partial charge in [0.25, 0.3) is 5.88 Å². The first-order chi connectivity index (χ1) is 13.2.